The summed E-state index contributed by atoms with van der Waals surface area (Å²) in [5.74, 6) is 2.21. The van der Waals surface area contributed by atoms with E-state index in [4.69, 9.17) is 28.7 Å². The van der Waals surface area contributed by atoms with Crippen molar-refractivity contribution in [2.45, 2.75) is 20.8 Å². The van der Waals surface area contributed by atoms with Crippen LogP contribution in [-0.4, -0.2) is 116 Å². The Morgan fingerprint density at radius 3 is 2.12 bits per heavy atom. The van der Waals surface area contributed by atoms with Crippen LogP contribution in [0.1, 0.15) is 17.3 Å². The number of hydrogen-bond acceptors (Lipinski definition) is 10. The highest BCUT2D eigenvalue weighted by atomic mass is 16.5. The van der Waals surface area contributed by atoms with Crippen molar-refractivity contribution in [3.05, 3.63) is 65.8 Å². The van der Waals surface area contributed by atoms with E-state index < -0.39 is 0 Å². The van der Waals surface area contributed by atoms with E-state index in [9.17, 15) is 0 Å². The Balaban J connectivity index is 1.23. The maximum atomic E-state index is 5.97. The number of nitrogens with zero attached hydrogens (tertiary/aromatic N) is 6. The van der Waals surface area contributed by atoms with Crippen LogP contribution in [0.4, 0.5) is 5.69 Å². The lowest BCUT2D eigenvalue weighted by Gasteiger charge is -2.34. The predicted octanol–water partition coefficient (Wildman–Crippen LogP) is 5.99. The first-order chi connectivity index (χ1) is 24.5. The molecule has 2 aliphatic heterocycles. The summed E-state index contributed by atoms with van der Waals surface area (Å²) in [6.07, 6.45) is 0. The summed E-state index contributed by atoms with van der Waals surface area (Å²) in [7, 11) is 1.70. The quantitative estimate of drug-likeness (QED) is 0.186. The van der Waals surface area contributed by atoms with Gasteiger partial charge in [0, 0.05) is 85.5 Å². The van der Waals surface area contributed by atoms with Crippen LogP contribution >= 0.6 is 0 Å². The zero-order valence-corrected chi connectivity index (χ0v) is 29.4. The summed E-state index contributed by atoms with van der Waals surface area (Å²) in [6.45, 7) is 16.9. The van der Waals surface area contributed by atoms with Crippen LogP contribution in [-0.2, 0) is 9.47 Å². The predicted molar refractivity (Wildman–Crippen MR) is 197 cm³/mol. The van der Waals surface area contributed by atoms with Gasteiger partial charge in [0.1, 0.15) is 23.0 Å². The average Bonchev–Trinajstić information content (AvgIpc) is 3.68. The number of benzene rings is 3. The Labute approximate surface area is 292 Å². The van der Waals surface area contributed by atoms with Gasteiger partial charge in [-0.15, -0.1) is 0 Å². The second-order valence-electron chi connectivity index (χ2n) is 13.3. The first-order valence-corrected chi connectivity index (χ1v) is 17.7. The summed E-state index contributed by atoms with van der Waals surface area (Å²) in [5, 5.41) is 8.56. The molecular formula is C39H45N7O4. The number of fused-ring (bicyclic) bond motifs is 4. The molecule has 2 aliphatic rings. The van der Waals surface area contributed by atoms with Crippen molar-refractivity contribution in [3.63, 3.8) is 0 Å². The lowest BCUT2D eigenvalue weighted by molar-refractivity contribution is 0.0368. The molecule has 0 atom stereocenters. The van der Waals surface area contributed by atoms with Gasteiger partial charge in [0.05, 0.1) is 55.9 Å². The van der Waals surface area contributed by atoms with Gasteiger partial charge in [-0.05, 0) is 44.4 Å². The number of ether oxygens (including phenoxy) is 3. The fourth-order valence-electron chi connectivity index (χ4n) is 7.65. The molecule has 3 aromatic heterocycles. The molecule has 0 aliphatic carbocycles. The molecule has 1 N–H and O–H groups in total. The highest BCUT2D eigenvalue weighted by Gasteiger charge is 2.23. The molecule has 50 heavy (non-hydrogen) atoms. The number of methoxy groups -OCH3 is 1. The van der Waals surface area contributed by atoms with Crippen LogP contribution in [0.3, 0.4) is 0 Å². The van der Waals surface area contributed by atoms with Gasteiger partial charge in [0.2, 0.25) is 0 Å². The first-order valence-electron chi connectivity index (χ1n) is 17.7. The minimum Gasteiger partial charge on any atom is -0.496 e. The first kappa shape index (κ1) is 32.6. The van der Waals surface area contributed by atoms with Gasteiger partial charge in [-0.2, -0.15) is 0 Å². The molecule has 260 valence electrons. The van der Waals surface area contributed by atoms with Gasteiger partial charge >= 0.3 is 0 Å². The zero-order valence-electron chi connectivity index (χ0n) is 29.4. The lowest BCUT2D eigenvalue weighted by Crippen LogP contribution is -2.45. The van der Waals surface area contributed by atoms with Gasteiger partial charge in [-0.1, -0.05) is 35.5 Å². The molecular weight excluding hydrogens is 630 g/mol. The molecule has 0 saturated carbocycles. The fourth-order valence-corrected chi connectivity index (χ4v) is 7.65. The van der Waals surface area contributed by atoms with Crippen molar-refractivity contribution >= 4 is 38.4 Å². The number of anilines is 1. The lowest BCUT2D eigenvalue weighted by atomic mass is 9.96. The number of aryl methyl sites for hydroxylation is 3. The molecule has 2 saturated heterocycles. The topological polar surface area (TPSA) is 105 Å². The molecule has 0 spiro atoms. The van der Waals surface area contributed by atoms with E-state index in [2.05, 4.69) is 73.4 Å². The van der Waals surface area contributed by atoms with Crippen LogP contribution < -0.4 is 9.64 Å². The van der Waals surface area contributed by atoms with Crippen molar-refractivity contribution in [2.24, 2.45) is 0 Å². The molecule has 0 amide bonds. The van der Waals surface area contributed by atoms with E-state index in [1.54, 1.807) is 7.11 Å². The normalized spacial score (nSPS) is 16.2. The van der Waals surface area contributed by atoms with Crippen LogP contribution in [0.15, 0.2) is 53.1 Å². The van der Waals surface area contributed by atoms with Crippen molar-refractivity contribution < 1.29 is 18.7 Å². The third-order valence-electron chi connectivity index (χ3n) is 10.3. The van der Waals surface area contributed by atoms with E-state index in [0.29, 0.717) is 5.82 Å². The van der Waals surface area contributed by atoms with E-state index >= 15 is 0 Å². The summed E-state index contributed by atoms with van der Waals surface area (Å²) >= 11 is 0. The van der Waals surface area contributed by atoms with E-state index in [1.807, 2.05) is 20.8 Å². The summed E-state index contributed by atoms with van der Waals surface area (Å²) in [4.78, 5) is 21.2. The second-order valence-corrected chi connectivity index (χ2v) is 13.3. The molecule has 3 aromatic carbocycles. The summed E-state index contributed by atoms with van der Waals surface area (Å²) < 4.78 is 22.8. The Kier molecular flexibility index (Phi) is 9.13. The van der Waals surface area contributed by atoms with Gasteiger partial charge < -0.3 is 28.6 Å². The minimum absolute atomic E-state index is 0.711. The van der Waals surface area contributed by atoms with E-state index in [0.717, 1.165) is 140 Å². The Morgan fingerprint density at radius 2 is 1.48 bits per heavy atom. The van der Waals surface area contributed by atoms with Crippen molar-refractivity contribution in [3.8, 4) is 28.1 Å². The molecule has 8 rings (SSSR count). The van der Waals surface area contributed by atoms with Gasteiger partial charge in [0.15, 0.2) is 0 Å². The van der Waals surface area contributed by atoms with Crippen LogP contribution in [0.25, 0.3) is 55.1 Å². The Morgan fingerprint density at radius 1 is 0.800 bits per heavy atom. The third-order valence-corrected chi connectivity index (χ3v) is 10.3. The second kappa shape index (κ2) is 14.0. The van der Waals surface area contributed by atoms with E-state index in [1.165, 1.54) is 16.5 Å². The molecule has 0 bridgehead atoms. The SMILES string of the molecule is COc1cc2c(cc1-c1c(C)noc1C)[nH]c1nc(C)nc(-c3ccc(N(CCN4CCOCC4)CCN4CCOCC4)c4ccccc34)c12. The zero-order chi connectivity index (χ0) is 34.2. The third kappa shape index (κ3) is 6.19. The smallest absolute Gasteiger partial charge is 0.142 e. The van der Waals surface area contributed by atoms with Crippen LogP contribution in [0.5, 0.6) is 5.75 Å². The summed E-state index contributed by atoms with van der Waals surface area (Å²) in [6, 6.07) is 17.5. The van der Waals surface area contributed by atoms with Crippen molar-refractivity contribution in [1.82, 2.24) is 29.9 Å². The number of morpholine rings is 2. The minimum atomic E-state index is 0.711. The molecule has 5 heterocycles. The Bertz CT molecular complexity index is 2100. The van der Waals surface area contributed by atoms with E-state index in [-0.39, 0.29) is 0 Å². The number of H-pyrrole nitrogens is 1. The van der Waals surface area contributed by atoms with Gasteiger partial charge in [-0.3, -0.25) is 9.80 Å². The average molecular weight is 676 g/mol. The fraction of sp³-hybridized carbons (Fsp3) is 0.410. The van der Waals surface area contributed by atoms with Crippen LogP contribution in [0, 0.1) is 20.8 Å². The number of nitrogens with one attached hydrogen (secondary N) is 1. The number of hydrogen-bond donors (Lipinski definition) is 1. The molecule has 0 unspecified atom stereocenters. The van der Waals surface area contributed by atoms with Crippen LogP contribution in [0.2, 0.25) is 0 Å². The maximum absolute atomic E-state index is 5.97. The van der Waals surface area contributed by atoms with Gasteiger partial charge in [-0.25, -0.2) is 9.97 Å². The number of aromatic nitrogens is 4. The standard InChI is InChI=1S/C39H45N7O4/c1-25-36(26(2)50-43-25)32-23-33-31(24-35(32)47-4)37-38(40-27(3)41-39(37)42-33)30-9-10-34(29-8-6-5-7-28(29)30)46(13-11-44-15-19-48-20-16-44)14-12-45-17-21-49-22-18-45/h5-10,23-24H,11-22H2,1-4H3,(H,40,41,42). The molecule has 11 nitrogen and oxygen atoms in total. The maximum Gasteiger partial charge on any atom is 0.142 e. The number of aromatic amines is 1. The molecule has 0 radical (unpaired) electrons. The summed E-state index contributed by atoms with van der Waals surface area (Å²) in [5.41, 5.74) is 7.68. The van der Waals surface area contributed by atoms with Crippen molar-refractivity contribution in [2.75, 3.05) is 90.8 Å². The molecule has 11 heteroatoms. The highest BCUT2D eigenvalue weighted by molar-refractivity contribution is 6.16. The number of rotatable bonds is 10. The largest absolute Gasteiger partial charge is 0.496 e. The monoisotopic (exact) mass is 675 g/mol. The van der Waals surface area contributed by atoms with Crippen molar-refractivity contribution in [1.29, 1.82) is 0 Å². The molecule has 2 fully saturated rings. The highest BCUT2D eigenvalue weighted by Crippen LogP contribution is 2.43. The van der Waals surface area contributed by atoms with Gasteiger partial charge in [0.25, 0.3) is 0 Å². The Hall–Kier alpha value is -4.55. The molecule has 6 aromatic rings.